The fourth-order valence-corrected chi connectivity index (χ4v) is 1.66. The third-order valence-corrected chi connectivity index (χ3v) is 2.50. The second kappa shape index (κ2) is 6.45. The van der Waals surface area contributed by atoms with Gasteiger partial charge in [-0.2, -0.15) is 13.2 Å². The Labute approximate surface area is 96.2 Å². The highest BCUT2D eigenvalue weighted by Crippen LogP contribution is 2.19. The highest BCUT2D eigenvalue weighted by Gasteiger charge is 2.32. The highest BCUT2D eigenvalue weighted by molar-refractivity contribution is 4.77. The van der Waals surface area contributed by atoms with Gasteiger partial charge in [-0.25, -0.2) is 0 Å². The van der Waals surface area contributed by atoms with Gasteiger partial charge in [-0.1, -0.05) is 27.7 Å². The van der Waals surface area contributed by atoms with Crippen LogP contribution in [0.25, 0.3) is 0 Å². The zero-order valence-corrected chi connectivity index (χ0v) is 10.7. The first-order valence-corrected chi connectivity index (χ1v) is 5.64. The molecule has 0 aromatic heterocycles. The predicted molar refractivity (Wildman–Crippen MR) is 60.4 cm³/mol. The van der Waals surface area contributed by atoms with E-state index in [1.807, 2.05) is 27.7 Å². The fraction of sp³-hybridized carbons (Fsp3) is 1.00. The van der Waals surface area contributed by atoms with Gasteiger partial charge in [0.2, 0.25) is 0 Å². The first-order chi connectivity index (χ1) is 7.13. The Bertz CT molecular complexity index is 190. The predicted octanol–water partition coefficient (Wildman–Crippen LogP) is 2.50. The van der Waals surface area contributed by atoms with Crippen LogP contribution in [-0.2, 0) is 0 Å². The molecule has 1 N–H and O–H groups in total. The summed E-state index contributed by atoms with van der Waals surface area (Å²) in [6.07, 6.45) is -4.13. The van der Waals surface area contributed by atoms with Gasteiger partial charge in [-0.3, -0.25) is 4.90 Å². The first-order valence-electron chi connectivity index (χ1n) is 5.64. The third-order valence-electron chi connectivity index (χ3n) is 2.50. The van der Waals surface area contributed by atoms with E-state index in [1.54, 1.807) is 0 Å². The summed E-state index contributed by atoms with van der Waals surface area (Å²) in [5, 5.41) is 3.18. The number of halogens is 3. The minimum atomic E-state index is -4.13. The Kier molecular flexibility index (Phi) is 6.33. The summed E-state index contributed by atoms with van der Waals surface area (Å²) in [6.45, 7) is 7.60. The molecule has 0 spiro atoms. The van der Waals surface area contributed by atoms with Crippen molar-refractivity contribution < 1.29 is 13.2 Å². The molecule has 0 bridgehead atoms. The second-order valence-corrected chi connectivity index (χ2v) is 4.90. The van der Waals surface area contributed by atoms with E-state index in [1.165, 1.54) is 11.9 Å². The standard InChI is InChI=1S/C11H23F3N2/c1-8(2)10(6-15-9(3)4)16(5)7-11(12,13)14/h8-10,15H,6-7H2,1-5H3. The number of hydrogen-bond donors (Lipinski definition) is 1. The lowest BCUT2D eigenvalue weighted by molar-refractivity contribution is -0.148. The molecule has 0 aliphatic heterocycles. The van der Waals surface area contributed by atoms with Crippen LogP contribution in [0, 0.1) is 5.92 Å². The maximum absolute atomic E-state index is 12.3. The lowest BCUT2D eigenvalue weighted by atomic mass is 10.0. The van der Waals surface area contributed by atoms with E-state index in [2.05, 4.69) is 5.32 Å². The number of rotatable bonds is 6. The van der Waals surface area contributed by atoms with Crippen LogP contribution >= 0.6 is 0 Å². The van der Waals surface area contributed by atoms with Crippen LogP contribution in [0.15, 0.2) is 0 Å². The molecular weight excluding hydrogens is 217 g/mol. The smallest absolute Gasteiger partial charge is 0.313 e. The van der Waals surface area contributed by atoms with Gasteiger partial charge in [-0.05, 0) is 13.0 Å². The van der Waals surface area contributed by atoms with Crippen molar-refractivity contribution in [3.63, 3.8) is 0 Å². The van der Waals surface area contributed by atoms with Crippen LogP contribution in [0.2, 0.25) is 0 Å². The first kappa shape index (κ1) is 15.7. The Morgan fingerprint density at radius 1 is 1.12 bits per heavy atom. The van der Waals surface area contributed by atoms with Gasteiger partial charge in [0.1, 0.15) is 0 Å². The lowest BCUT2D eigenvalue weighted by Crippen LogP contribution is -2.48. The van der Waals surface area contributed by atoms with Crippen molar-refractivity contribution in [2.45, 2.75) is 46.0 Å². The maximum atomic E-state index is 12.3. The summed E-state index contributed by atoms with van der Waals surface area (Å²) in [6, 6.07) is 0.199. The number of alkyl halides is 3. The van der Waals surface area contributed by atoms with Gasteiger partial charge in [0.05, 0.1) is 6.54 Å². The molecule has 0 aromatic carbocycles. The van der Waals surface area contributed by atoms with Gasteiger partial charge in [0.25, 0.3) is 0 Å². The zero-order valence-electron chi connectivity index (χ0n) is 10.7. The molecule has 0 radical (unpaired) electrons. The summed E-state index contributed by atoms with van der Waals surface area (Å²) < 4.78 is 36.8. The lowest BCUT2D eigenvalue weighted by Gasteiger charge is -2.32. The molecule has 0 rings (SSSR count). The minimum Gasteiger partial charge on any atom is -0.313 e. The van der Waals surface area contributed by atoms with Crippen molar-refractivity contribution in [2.75, 3.05) is 20.1 Å². The van der Waals surface area contributed by atoms with Crippen LogP contribution in [-0.4, -0.2) is 43.3 Å². The Balaban J connectivity index is 4.30. The van der Waals surface area contributed by atoms with E-state index in [0.717, 1.165) is 0 Å². The van der Waals surface area contributed by atoms with Crippen molar-refractivity contribution in [1.29, 1.82) is 0 Å². The number of hydrogen-bond acceptors (Lipinski definition) is 2. The van der Waals surface area contributed by atoms with E-state index in [4.69, 9.17) is 0 Å². The van der Waals surface area contributed by atoms with Crippen molar-refractivity contribution >= 4 is 0 Å². The summed E-state index contributed by atoms with van der Waals surface area (Å²) >= 11 is 0. The molecule has 0 heterocycles. The monoisotopic (exact) mass is 240 g/mol. The average molecular weight is 240 g/mol. The molecule has 0 fully saturated rings. The van der Waals surface area contributed by atoms with Gasteiger partial charge < -0.3 is 5.32 Å². The molecule has 0 saturated heterocycles. The molecule has 16 heavy (non-hydrogen) atoms. The SMILES string of the molecule is CC(C)NCC(C(C)C)N(C)CC(F)(F)F. The largest absolute Gasteiger partial charge is 0.401 e. The van der Waals surface area contributed by atoms with Crippen LogP contribution < -0.4 is 5.32 Å². The molecule has 0 aliphatic rings. The van der Waals surface area contributed by atoms with E-state index in [9.17, 15) is 13.2 Å². The van der Waals surface area contributed by atoms with Crippen LogP contribution in [0.3, 0.4) is 0 Å². The van der Waals surface area contributed by atoms with Crippen molar-refractivity contribution in [2.24, 2.45) is 5.92 Å². The van der Waals surface area contributed by atoms with E-state index in [-0.39, 0.29) is 12.0 Å². The normalized spacial score (nSPS) is 15.2. The van der Waals surface area contributed by atoms with E-state index < -0.39 is 12.7 Å². The molecule has 0 amide bonds. The van der Waals surface area contributed by atoms with Gasteiger partial charge in [0, 0.05) is 18.6 Å². The topological polar surface area (TPSA) is 15.3 Å². The van der Waals surface area contributed by atoms with Crippen LogP contribution in [0.4, 0.5) is 13.2 Å². The van der Waals surface area contributed by atoms with Gasteiger partial charge in [0.15, 0.2) is 0 Å². The molecule has 0 aliphatic carbocycles. The van der Waals surface area contributed by atoms with Crippen LogP contribution in [0.1, 0.15) is 27.7 Å². The summed E-state index contributed by atoms with van der Waals surface area (Å²) in [5.41, 5.74) is 0. The molecule has 0 aromatic rings. The maximum Gasteiger partial charge on any atom is 0.401 e. The van der Waals surface area contributed by atoms with Gasteiger partial charge in [-0.15, -0.1) is 0 Å². The number of nitrogens with zero attached hydrogens (tertiary/aromatic N) is 1. The van der Waals surface area contributed by atoms with Crippen molar-refractivity contribution in [3.05, 3.63) is 0 Å². The van der Waals surface area contributed by atoms with E-state index in [0.29, 0.717) is 12.6 Å². The highest BCUT2D eigenvalue weighted by atomic mass is 19.4. The molecule has 1 atom stereocenters. The molecule has 5 heteroatoms. The van der Waals surface area contributed by atoms with Crippen molar-refractivity contribution in [1.82, 2.24) is 10.2 Å². The molecule has 98 valence electrons. The Hall–Kier alpha value is -0.290. The molecule has 2 nitrogen and oxygen atoms in total. The number of nitrogens with one attached hydrogen (secondary N) is 1. The number of likely N-dealkylation sites (N-methyl/N-ethyl adjacent to an activating group) is 1. The summed E-state index contributed by atoms with van der Waals surface area (Å²) in [4.78, 5) is 1.38. The van der Waals surface area contributed by atoms with Gasteiger partial charge >= 0.3 is 6.18 Å². The van der Waals surface area contributed by atoms with E-state index >= 15 is 0 Å². The average Bonchev–Trinajstić information content (AvgIpc) is 1.98. The molecule has 1 unspecified atom stereocenters. The second-order valence-electron chi connectivity index (χ2n) is 4.90. The van der Waals surface area contributed by atoms with Crippen LogP contribution in [0.5, 0.6) is 0 Å². The third kappa shape index (κ3) is 7.06. The zero-order chi connectivity index (χ0) is 12.9. The summed E-state index contributed by atoms with van der Waals surface area (Å²) in [7, 11) is 1.53. The Morgan fingerprint density at radius 3 is 1.94 bits per heavy atom. The fourth-order valence-electron chi connectivity index (χ4n) is 1.66. The molecule has 0 saturated carbocycles. The minimum absolute atomic E-state index is 0.0935. The quantitative estimate of drug-likeness (QED) is 0.767. The Morgan fingerprint density at radius 2 is 1.62 bits per heavy atom. The molecular formula is C11H23F3N2. The summed E-state index contributed by atoms with van der Waals surface area (Å²) in [5.74, 6) is 0.193. The van der Waals surface area contributed by atoms with Crippen molar-refractivity contribution in [3.8, 4) is 0 Å².